The van der Waals surface area contributed by atoms with Crippen molar-refractivity contribution < 1.29 is 19.1 Å². The molecule has 0 unspecified atom stereocenters. The van der Waals surface area contributed by atoms with Crippen molar-refractivity contribution in [2.75, 3.05) is 12.1 Å². The number of rotatable bonds is 3. The van der Waals surface area contributed by atoms with Crippen LogP contribution in [0.1, 0.15) is 44.0 Å². The number of carbonyl (C=O) groups excluding carboxylic acids is 2. The SMILES string of the molecule is NC(=O)c1c(NC(=S)NC(=O)c2ccc3c(c2)OCO3)sc2c1CCCC2. The Balaban J connectivity index is 1.49. The summed E-state index contributed by atoms with van der Waals surface area (Å²) in [6, 6.07) is 4.90. The first kappa shape index (κ1) is 17.7. The minimum Gasteiger partial charge on any atom is -0.454 e. The third-order valence-electron chi connectivity index (χ3n) is 4.51. The minimum absolute atomic E-state index is 0.110. The second-order valence-corrected chi connectivity index (χ2v) is 7.77. The Hall–Kier alpha value is -2.65. The summed E-state index contributed by atoms with van der Waals surface area (Å²) in [6.45, 7) is 0.138. The quantitative estimate of drug-likeness (QED) is 0.681. The molecule has 0 bridgehead atoms. The summed E-state index contributed by atoms with van der Waals surface area (Å²) >= 11 is 6.72. The van der Waals surface area contributed by atoms with Crippen LogP contribution in [-0.4, -0.2) is 23.7 Å². The number of aryl methyl sites for hydroxylation is 1. The summed E-state index contributed by atoms with van der Waals surface area (Å²) in [6.07, 6.45) is 3.89. The first-order valence-corrected chi connectivity index (χ1v) is 9.71. The van der Waals surface area contributed by atoms with Crippen molar-refractivity contribution in [3.8, 4) is 11.5 Å². The van der Waals surface area contributed by atoms with Crippen LogP contribution in [0.25, 0.3) is 0 Å². The van der Waals surface area contributed by atoms with Crippen molar-refractivity contribution >= 4 is 45.5 Å². The summed E-state index contributed by atoms with van der Waals surface area (Å²) in [4.78, 5) is 25.5. The molecule has 2 aromatic rings. The fraction of sp³-hybridized carbons (Fsp3) is 0.278. The molecular formula is C18H17N3O4S2. The van der Waals surface area contributed by atoms with Crippen LogP contribution in [0.2, 0.25) is 0 Å². The molecule has 0 spiro atoms. The molecule has 7 nitrogen and oxygen atoms in total. The molecule has 2 amide bonds. The van der Waals surface area contributed by atoms with Crippen LogP contribution in [0, 0.1) is 0 Å². The van der Waals surface area contributed by atoms with Crippen molar-refractivity contribution in [1.29, 1.82) is 0 Å². The van der Waals surface area contributed by atoms with E-state index in [-0.39, 0.29) is 17.8 Å². The maximum absolute atomic E-state index is 12.4. The number of ether oxygens (including phenoxy) is 2. The fourth-order valence-electron chi connectivity index (χ4n) is 3.26. The van der Waals surface area contributed by atoms with E-state index < -0.39 is 5.91 Å². The number of hydrogen-bond acceptors (Lipinski definition) is 6. The van der Waals surface area contributed by atoms with Crippen molar-refractivity contribution in [2.24, 2.45) is 5.73 Å². The topological polar surface area (TPSA) is 103 Å². The number of nitrogens with one attached hydrogen (secondary N) is 2. The number of primary amides is 1. The summed E-state index contributed by atoms with van der Waals surface area (Å²) in [5, 5.41) is 6.28. The zero-order valence-electron chi connectivity index (χ0n) is 14.3. The molecule has 140 valence electrons. The maximum atomic E-state index is 12.4. The Morgan fingerprint density at radius 1 is 1.15 bits per heavy atom. The van der Waals surface area contributed by atoms with E-state index in [0.717, 1.165) is 36.1 Å². The Morgan fingerprint density at radius 2 is 1.93 bits per heavy atom. The van der Waals surface area contributed by atoms with Gasteiger partial charge in [-0.25, -0.2) is 0 Å². The average Bonchev–Trinajstić information content (AvgIpc) is 3.24. The number of amides is 2. The lowest BCUT2D eigenvalue weighted by Gasteiger charge is -2.11. The van der Waals surface area contributed by atoms with Crippen LogP contribution in [0.15, 0.2) is 18.2 Å². The molecule has 2 heterocycles. The lowest BCUT2D eigenvalue weighted by molar-refractivity contribution is 0.0975. The molecule has 4 N–H and O–H groups in total. The molecule has 1 aliphatic carbocycles. The van der Waals surface area contributed by atoms with E-state index in [1.807, 2.05) is 0 Å². The number of nitrogens with two attached hydrogens (primary N) is 1. The molecule has 0 atom stereocenters. The molecule has 0 radical (unpaired) electrons. The zero-order valence-corrected chi connectivity index (χ0v) is 15.9. The second-order valence-electron chi connectivity index (χ2n) is 6.26. The molecule has 2 aliphatic rings. The highest BCUT2D eigenvalue weighted by Crippen LogP contribution is 2.38. The van der Waals surface area contributed by atoms with Gasteiger partial charge in [-0.15, -0.1) is 11.3 Å². The van der Waals surface area contributed by atoms with E-state index in [0.29, 0.717) is 27.6 Å². The standard InChI is InChI=1S/C18H17N3O4S2/c19-15(22)14-10-3-1-2-4-13(10)27-17(14)21-18(26)20-16(23)9-5-6-11-12(7-9)25-8-24-11/h5-7H,1-4,8H2,(H2,19,22)(H2,20,21,23,26). The van der Waals surface area contributed by atoms with Gasteiger partial charge in [-0.05, 0) is 61.7 Å². The first-order valence-electron chi connectivity index (χ1n) is 8.49. The van der Waals surface area contributed by atoms with Crippen LogP contribution in [0.3, 0.4) is 0 Å². The van der Waals surface area contributed by atoms with Gasteiger partial charge in [0.15, 0.2) is 16.6 Å². The van der Waals surface area contributed by atoms with E-state index in [1.165, 1.54) is 11.3 Å². The van der Waals surface area contributed by atoms with Gasteiger partial charge in [-0.3, -0.25) is 14.9 Å². The van der Waals surface area contributed by atoms with Crippen LogP contribution >= 0.6 is 23.6 Å². The van der Waals surface area contributed by atoms with Gasteiger partial charge in [0.1, 0.15) is 5.00 Å². The van der Waals surface area contributed by atoms with Gasteiger partial charge in [0.05, 0.1) is 5.56 Å². The van der Waals surface area contributed by atoms with Crippen LogP contribution in [-0.2, 0) is 12.8 Å². The maximum Gasteiger partial charge on any atom is 0.257 e. The van der Waals surface area contributed by atoms with E-state index in [9.17, 15) is 9.59 Å². The predicted octanol–water partition coefficient (Wildman–Crippen LogP) is 2.58. The van der Waals surface area contributed by atoms with Gasteiger partial charge in [0, 0.05) is 10.4 Å². The largest absolute Gasteiger partial charge is 0.454 e. The molecule has 4 rings (SSSR count). The van der Waals surface area contributed by atoms with Crippen molar-refractivity contribution in [1.82, 2.24) is 5.32 Å². The van der Waals surface area contributed by atoms with E-state index in [1.54, 1.807) is 18.2 Å². The van der Waals surface area contributed by atoms with E-state index in [2.05, 4.69) is 10.6 Å². The number of fused-ring (bicyclic) bond motifs is 2. The normalized spacial score (nSPS) is 14.4. The smallest absolute Gasteiger partial charge is 0.257 e. The fourth-order valence-corrected chi connectivity index (χ4v) is 4.82. The highest BCUT2D eigenvalue weighted by Gasteiger charge is 2.25. The van der Waals surface area contributed by atoms with Gasteiger partial charge in [0.2, 0.25) is 6.79 Å². The molecule has 0 fully saturated rings. The number of carbonyl (C=O) groups is 2. The van der Waals surface area contributed by atoms with Crippen molar-refractivity contribution in [2.45, 2.75) is 25.7 Å². The lowest BCUT2D eigenvalue weighted by atomic mass is 9.95. The number of thiocarbonyl (C=S) groups is 1. The Bertz CT molecular complexity index is 954. The first-order chi connectivity index (χ1) is 13.0. The molecule has 0 saturated carbocycles. The second kappa shape index (κ2) is 7.16. The molecule has 1 aliphatic heterocycles. The Morgan fingerprint density at radius 3 is 2.74 bits per heavy atom. The molecule has 9 heteroatoms. The lowest BCUT2D eigenvalue weighted by Crippen LogP contribution is -2.34. The number of thiophene rings is 1. The average molecular weight is 403 g/mol. The Labute approximate surface area is 164 Å². The monoisotopic (exact) mass is 403 g/mol. The molecule has 1 aromatic heterocycles. The van der Waals surface area contributed by atoms with Gasteiger partial charge >= 0.3 is 0 Å². The summed E-state index contributed by atoms with van der Waals surface area (Å²) < 4.78 is 10.5. The van der Waals surface area contributed by atoms with Crippen LogP contribution in [0.5, 0.6) is 11.5 Å². The highest BCUT2D eigenvalue weighted by molar-refractivity contribution is 7.80. The van der Waals surface area contributed by atoms with Crippen LogP contribution in [0.4, 0.5) is 5.00 Å². The molecule has 0 saturated heterocycles. The van der Waals surface area contributed by atoms with Crippen molar-refractivity contribution in [3.63, 3.8) is 0 Å². The summed E-state index contributed by atoms with van der Waals surface area (Å²) in [5.74, 6) is 0.250. The molecule has 1 aromatic carbocycles. The molecular weight excluding hydrogens is 386 g/mol. The van der Waals surface area contributed by atoms with Crippen LogP contribution < -0.4 is 25.8 Å². The van der Waals surface area contributed by atoms with Gasteiger partial charge < -0.3 is 20.5 Å². The van der Waals surface area contributed by atoms with Gasteiger partial charge in [0.25, 0.3) is 11.8 Å². The zero-order chi connectivity index (χ0) is 19.0. The highest BCUT2D eigenvalue weighted by atomic mass is 32.1. The van der Waals surface area contributed by atoms with Gasteiger partial charge in [-0.2, -0.15) is 0 Å². The molecule has 27 heavy (non-hydrogen) atoms. The number of benzene rings is 1. The van der Waals surface area contributed by atoms with Crippen molar-refractivity contribution in [3.05, 3.63) is 39.8 Å². The number of anilines is 1. The third-order valence-corrected chi connectivity index (χ3v) is 5.92. The predicted molar refractivity (Wildman–Crippen MR) is 106 cm³/mol. The third kappa shape index (κ3) is 3.47. The number of hydrogen-bond donors (Lipinski definition) is 3. The minimum atomic E-state index is -0.484. The Kier molecular flexibility index (Phi) is 4.71. The summed E-state index contributed by atoms with van der Waals surface area (Å²) in [7, 11) is 0. The van der Waals surface area contributed by atoms with E-state index in [4.69, 9.17) is 27.4 Å². The van der Waals surface area contributed by atoms with Gasteiger partial charge in [-0.1, -0.05) is 0 Å². The summed E-state index contributed by atoms with van der Waals surface area (Å²) in [5.41, 5.74) is 7.45. The van der Waals surface area contributed by atoms with E-state index >= 15 is 0 Å².